The van der Waals surface area contributed by atoms with Crippen LogP contribution in [0.4, 0.5) is 5.69 Å². The SMILES string of the molecule is O=C(CSc1ccc(C(=O)O)o1)Nc1ccccc1I. The number of thioether (sulfide) groups is 1. The van der Waals surface area contributed by atoms with Crippen molar-refractivity contribution in [2.75, 3.05) is 11.1 Å². The third-order valence-corrected chi connectivity index (χ3v) is 4.14. The molecule has 0 radical (unpaired) electrons. The van der Waals surface area contributed by atoms with Gasteiger partial charge < -0.3 is 14.8 Å². The predicted molar refractivity (Wildman–Crippen MR) is 84.2 cm³/mol. The van der Waals surface area contributed by atoms with Crippen molar-refractivity contribution in [3.63, 3.8) is 0 Å². The van der Waals surface area contributed by atoms with Crippen LogP contribution in [0.5, 0.6) is 0 Å². The van der Waals surface area contributed by atoms with Gasteiger partial charge in [-0.1, -0.05) is 23.9 Å². The van der Waals surface area contributed by atoms with Crippen molar-refractivity contribution >= 4 is 51.9 Å². The Balaban J connectivity index is 1.89. The van der Waals surface area contributed by atoms with Gasteiger partial charge in [-0.3, -0.25) is 4.79 Å². The molecule has 2 N–H and O–H groups in total. The number of furan rings is 1. The molecule has 0 saturated carbocycles. The van der Waals surface area contributed by atoms with Crippen LogP contribution in [0.1, 0.15) is 10.6 Å². The summed E-state index contributed by atoms with van der Waals surface area (Å²) in [5.41, 5.74) is 0.754. The maximum Gasteiger partial charge on any atom is 0.371 e. The molecule has 20 heavy (non-hydrogen) atoms. The van der Waals surface area contributed by atoms with E-state index in [1.165, 1.54) is 12.1 Å². The molecule has 1 amide bonds. The van der Waals surface area contributed by atoms with E-state index < -0.39 is 5.97 Å². The molecular weight excluding hydrogens is 393 g/mol. The zero-order valence-electron chi connectivity index (χ0n) is 10.1. The molecule has 0 spiro atoms. The lowest BCUT2D eigenvalue weighted by atomic mass is 10.3. The first-order valence-electron chi connectivity index (χ1n) is 5.56. The lowest BCUT2D eigenvalue weighted by Crippen LogP contribution is -2.14. The topological polar surface area (TPSA) is 79.5 Å². The van der Waals surface area contributed by atoms with Gasteiger partial charge in [0.15, 0.2) is 5.09 Å². The maximum absolute atomic E-state index is 11.8. The normalized spacial score (nSPS) is 10.2. The minimum atomic E-state index is -1.12. The minimum absolute atomic E-state index is 0.134. The lowest BCUT2D eigenvalue weighted by Gasteiger charge is -2.06. The predicted octanol–water partition coefficient (Wildman–Crippen LogP) is 3.31. The van der Waals surface area contributed by atoms with Crippen LogP contribution in [0.3, 0.4) is 0 Å². The molecule has 0 fully saturated rings. The molecule has 0 aliphatic carbocycles. The molecule has 5 nitrogen and oxygen atoms in total. The maximum atomic E-state index is 11.8. The fraction of sp³-hybridized carbons (Fsp3) is 0.0769. The first-order chi connectivity index (χ1) is 9.56. The van der Waals surface area contributed by atoms with Crippen molar-refractivity contribution in [2.24, 2.45) is 0 Å². The highest BCUT2D eigenvalue weighted by atomic mass is 127. The molecule has 2 aromatic rings. The highest BCUT2D eigenvalue weighted by Gasteiger charge is 2.11. The number of carbonyl (C=O) groups is 2. The van der Waals surface area contributed by atoms with E-state index in [-0.39, 0.29) is 17.4 Å². The van der Waals surface area contributed by atoms with Crippen molar-refractivity contribution in [1.29, 1.82) is 0 Å². The van der Waals surface area contributed by atoms with Crippen molar-refractivity contribution in [3.05, 3.63) is 45.7 Å². The second kappa shape index (κ2) is 6.80. The summed E-state index contributed by atoms with van der Waals surface area (Å²) in [6, 6.07) is 10.4. The summed E-state index contributed by atoms with van der Waals surface area (Å²) in [7, 11) is 0. The van der Waals surface area contributed by atoms with E-state index in [4.69, 9.17) is 9.52 Å². The number of carboxylic acids is 1. The quantitative estimate of drug-likeness (QED) is 0.592. The Morgan fingerprint density at radius 1 is 1.25 bits per heavy atom. The molecule has 0 aliphatic rings. The second-order valence-corrected chi connectivity index (χ2v) is 5.88. The Kier molecular flexibility index (Phi) is 5.07. The second-order valence-electron chi connectivity index (χ2n) is 3.74. The van der Waals surface area contributed by atoms with Crippen LogP contribution in [-0.2, 0) is 4.79 Å². The first-order valence-corrected chi connectivity index (χ1v) is 7.63. The van der Waals surface area contributed by atoms with Gasteiger partial charge in [0.1, 0.15) is 0 Å². The number of nitrogens with one attached hydrogen (secondary N) is 1. The van der Waals surface area contributed by atoms with Crippen LogP contribution in [0.15, 0.2) is 45.9 Å². The lowest BCUT2D eigenvalue weighted by molar-refractivity contribution is -0.113. The summed E-state index contributed by atoms with van der Waals surface area (Å²) in [6.45, 7) is 0. The van der Waals surface area contributed by atoms with Crippen molar-refractivity contribution in [2.45, 2.75) is 5.09 Å². The number of amides is 1. The van der Waals surface area contributed by atoms with Gasteiger partial charge in [0.25, 0.3) is 0 Å². The summed E-state index contributed by atoms with van der Waals surface area (Å²) in [6.07, 6.45) is 0. The molecule has 0 saturated heterocycles. The zero-order chi connectivity index (χ0) is 14.5. The fourth-order valence-electron chi connectivity index (χ4n) is 1.40. The van der Waals surface area contributed by atoms with Crippen LogP contribution >= 0.6 is 34.4 Å². The van der Waals surface area contributed by atoms with Crippen molar-refractivity contribution < 1.29 is 19.1 Å². The summed E-state index contributed by atoms with van der Waals surface area (Å²) in [5.74, 6) is -1.28. The smallest absolute Gasteiger partial charge is 0.371 e. The Labute approximate surface area is 132 Å². The monoisotopic (exact) mass is 403 g/mol. The Morgan fingerprint density at radius 2 is 2.00 bits per heavy atom. The summed E-state index contributed by atoms with van der Waals surface area (Å²) >= 11 is 3.29. The van der Waals surface area contributed by atoms with Crippen LogP contribution in [0.25, 0.3) is 0 Å². The van der Waals surface area contributed by atoms with Crippen LogP contribution in [-0.4, -0.2) is 22.7 Å². The van der Waals surface area contributed by atoms with Gasteiger partial charge >= 0.3 is 5.97 Å². The van der Waals surface area contributed by atoms with Gasteiger partial charge in [0.2, 0.25) is 11.7 Å². The number of carbonyl (C=O) groups excluding carboxylic acids is 1. The number of hydrogen-bond donors (Lipinski definition) is 2. The Morgan fingerprint density at radius 3 is 2.65 bits per heavy atom. The van der Waals surface area contributed by atoms with Crippen LogP contribution in [0, 0.1) is 3.57 Å². The highest BCUT2D eigenvalue weighted by molar-refractivity contribution is 14.1. The van der Waals surface area contributed by atoms with E-state index in [1.54, 1.807) is 0 Å². The third-order valence-electron chi connectivity index (χ3n) is 2.29. The van der Waals surface area contributed by atoms with E-state index in [9.17, 15) is 9.59 Å². The number of aromatic carboxylic acids is 1. The standard InChI is InChI=1S/C13H10INO4S/c14-8-3-1-2-4-9(8)15-11(16)7-20-12-6-5-10(19-12)13(17)18/h1-6H,7H2,(H,15,16)(H,17,18). The molecule has 0 unspecified atom stereocenters. The molecule has 1 aromatic heterocycles. The summed E-state index contributed by atoms with van der Waals surface area (Å²) in [5, 5.41) is 11.9. The van der Waals surface area contributed by atoms with Gasteiger partial charge in [-0.25, -0.2) is 4.79 Å². The van der Waals surface area contributed by atoms with E-state index >= 15 is 0 Å². The average molecular weight is 403 g/mol. The van der Waals surface area contributed by atoms with Crippen molar-refractivity contribution in [3.8, 4) is 0 Å². The van der Waals surface area contributed by atoms with Crippen LogP contribution in [0.2, 0.25) is 0 Å². The number of rotatable bonds is 5. The fourth-order valence-corrected chi connectivity index (χ4v) is 2.58. The average Bonchev–Trinajstić information content (AvgIpc) is 2.88. The molecule has 7 heteroatoms. The number of hydrogen-bond acceptors (Lipinski definition) is 4. The van der Waals surface area contributed by atoms with E-state index in [0.29, 0.717) is 5.09 Å². The zero-order valence-corrected chi connectivity index (χ0v) is 13.1. The van der Waals surface area contributed by atoms with E-state index in [2.05, 4.69) is 27.9 Å². The third kappa shape index (κ3) is 4.01. The van der Waals surface area contributed by atoms with Crippen LogP contribution < -0.4 is 5.32 Å². The molecule has 0 aliphatic heterocycles. The Hall–Kier alpha value is -1.48. The molecule has 2 rings (SSSR count). The van der Waals surface area contributed by atoms with E-state index in [1.807, 2.05) is 24.3 Å². The van der Waals surface area contributed by atoms with Gasteiger partial charge in [-0.05, 0) is 46.9 Å². The molecular formula is C13H10INO4S. The summed E-state index contributed by atoms with van der Waals surface area (Å²) in [4.78, 5) is 22.4. The van der Waals surface area contributed by atoms with E-state index in [0.717, 1.165) is 21.0 Å². The molecule has 0 atom stereocenters. The number of carboxylic acid groups (broad SMARTS) is 1. The number of halogens is 1. The van der Waals surface area contributed by atoms with Gasteiger partial charge in [-0.2, -0.15) is 0 Å². The number of anilines is 1. The van der Waals surface area contributed by atoms with Gasteiger partial charge in [0.05, 0.1) is 11.4 Å². The highest BCUT2D eigenvalue weighted by Crippen LogP contribution is 2.22. The van der Waals surface area contributed by atoms with Crippen molar-refractivity contribution in [1.82, 2.24) is 0 Å². The number of para-hydroxylation sites is 1. The largest absolute Gasteiger partial charge is 0.475 e. The number of benzene rings is 1. The van der Waals surface area contributed by atoms with Gasteiger partial charge in [-0.15, -0.1) is 0 Å². The minimum Gasteiger partial charge on any atom is -0.475 e. The first kappa shape index (κ1) is 14.9. The van der Waals surface area contributed by atoms with Gasteiger partial charge in [0, 0.05) is 3.57 Å². The molecule has 1 aromatic carbocycles. The summed E-state index contributed by atoms with van der Waals surface area (Å²) < 4.78 is 6.00. The molecule has 1 heterocycles. The molecule has 104 valence electrons. The Bertz CT molecular complexity index is 641. The molecule has 0 bridgehead atoms.